The first-order valence-electron chi connectivity index (χ1n) is 33.8. The number of rotatable bonds is 5. The van der Waals surface area contributed by atoms with E-state index in [9.17, 15) is 49.2 Å². The molecule has 0 saturated carbocycles. The van der Waals surface area contributed by atoms with Crippen LogP contribution in [0.25, 0.3) is 77.6 Å². The van der Waals surface area contributed by atoms with E-state index in [1.54, 1.807) is 91.0 Å². The molecule has 11 aromatic rings. The summed E-state index contributed by atoms with van der Waals surface area (Å²) >= 11 is 0. The van der Waals surface area contributed by atoms with Crippen LogP contribution in [0.4, 0.5) is 11.4 Å². The van der Waals surface area contributed by atoms with Crippen molar-refractivity contribution in [3.05, 3.63) is 336 Å². The summed E-state index contributed by atoms with van der Waals surface area (Å²) < 4.78 is 41.3. The smallest absolute Gasteiger partial charge is 0.340 e. The Morgan fingerprint density at radius 1 is 0.454 bits per heavy atom. The number of aromatic hydroxyl groups is 3. The molecule has 0 amide bonds. The van der Waals surface area contributed by atoms with Gasteiger partial charge in [-0.1, -0.05) is 103 Å². The maximum atomic E-state index is 12.9. The molecule has 532 valence electrons. The highest BCUT2D eigenvalue weighted by Crippen LogP contribution is 2.60. The number of phenols is 3. The Kier molecular flexibility index (Phi) is 17.6. The van der Waals surface area contributed by atoms with E-state index < -0.39 is 23.1 Å². The van der Waals surface area contributed by atoms with Gasteiger partial charge in [0.05, 0.1) is 34.7 Å². The molecule has 0 saturated heterocycles. The van der Waals surface area contributed by atoms with Crippen LogP contribution in [0.15, 0.2) is 273 Å². The lowest BCUT2D eigenvalue weighted by molar-refractivity contribution is -0.254. The number of phenolic OH excluding ortho intramolecular Hbond substituents is 3. The van der Waals surface area contributed by atoms with Gasteiger partial charge in [0.25, 0.3) is 0 Å². The van der Waals surface area contributed by atoms with Crippen molar-refractivity contribution in [2.75, 3.05) is 26.1 Å². The van der Waals surface area contributed by atoms with Gasteiger partial charge in [0.1, 0.15) is 68.6 Å². The predicted molar refractivity (Wildman–Crippen MR) is 401 cm³/mol. The van der Waals surface area contributed by atoms with Gasteiger partial charge in [0.15, 0.2) is 22.1 Å². The highest BCUT2D eigenvalue weighted by Gasteiger charge is 2.55. The Labute approximate surface area is 620 Å². The highest BCUT2D eigenvalue weighted by atomic mass is 35.5. The lowest BCUT2D eigenvalue weighted by Gasteiger charge is -2.37. The Hall–Kier alpha value is -14.0. The van der Waals surface area contributed by atoms with E-state index in [4.69, 9.17) is 32.5 Å². The third kappa shape index (κ3) is 11.6. The maximum Gasteiger partial charge on any atom is 0.340 e. The van der Waals surface area contributed by atoms with E-state index in [0.717, 1.165) is 66.7 Å². The number of hydrogen-bond acceptors (Lipinski definition) is 17. The van der Waals surface area contributed by atoms with E-state index in [1.807, 2.05) is 147 Å². The van der Waals surface area contributed by atoms with Gasteiger partial charge in [0, 0.05) is 123 Å². The van der Waals surface area contributed by atoms with Gasteiger partial charge in [0.2, 0.25) is 0 Å². The molecule has 2 spiro atoms. The van der Waals surface area contributed by atoms with Crippen LogP contribution < -0.4 is 43.4 Å². The molecule has 19 rings (SSSR count). The number of hydrogen-bond donors (Lipinski definition) is 5. The molecule has 2 atom stereocenters. The van der Waals surface area contributed by atoms with Crippen molar-refractivity contribution in [1.29, 1.82) is 0 Å². The van der Waals surface area contributed by atoms with Gasteiger partial charge in [-0.2, -0.15) is 0 Å². The van der Waals surface area contributed by atoms with Crippen LogP contribution in [0.1, 0.15) is 80.4 Å². The number of anilines is 1. The molecule has 8 aliphatic rings. The van der Waals surface area contributed by atoms with E-state index in [2.05, 4.69) is 5.73 Å². The number of carbonyl (C=O) groups is 4. The average Bonchev–Trinajstić information content (AvgIpc) is 1.49. The molecule has 6 aliphatic heterocycles. The molecule has 11 aromatic carbocycles. The summed E-state index contributed by atoms with van der Waals surface area (Å²) in [4.78, 5) is 75.0. The molecule has 108 heavy (non-hydrogen) atoms. The molecule has 0 fully saturated rings. The van der Waals surface area contributed by atoms with Crippen LogP contribution in [-0.2, 0) is 25.4 Å². The standard InChI is InChI=1S/C26H19NO4.C21H15NO4.C21H14O4.C20H12O5.ClH/c1-27(2)16-11-13-19-22(14-16)30-24-20(12-10-15-6-5-9-21(28)23(15)24)26(19)18-8-4-3-7-17(18)25(29)31-26;1-25-21(24)15-5-3-2-4-14(15)20-16-8-6-12(22)10-18(16)26-19-11-13(23)7-9-17(19)20;1-12-6-8-16-18(10-12)24-19-11-13(22)7-9-17(19)21(16)15-5-3-2-4-14(15)20(23)25-21;21-11-5-7-15-17(9-11)25-18-10-12(22)6-8-16(18)19(15)13-3-1-2-4-14(13)20(23)24;/h3-14,28H,1-2H3;2-11H,22H2,1H3;2-11,22H,1H3;1-10,21H,(H,23,24);1H. The summed E-state index contributed by atoms with van der Waals surface area (Å²) in [7, 11) is 5.27. The molecule has 20 heteroatoms. The van der Waals surface area contributed by atoms with Crippen LogP contribution in [0.2, 0.25) is 0 Å². The van der Waals surface area contributed by atoms with Crippen LogP contribution in [0, 0.1) is 6.92 Å². The van der Waals surface area contributed by atoms with Gasteiger partial charge < -0.3 is 76.0 Å². The first-order valence-corrected chi connectivity index (χ1v) is 33.8. The summed E-state index contributed by atoms with van der Waals surface area (Å²) in [6, 6.07) is 73.9. The minimum Gasteiger partial charge on any atom is -1.00 e. The van der Waals surface area contributed by atoms with E-state index in [1.165, 1.54) is 49.6 Å². The predicted octanol–water partition coefficient (Wildman–Crippen LogP) is 13.6. The van der Waals surface area contributed by atoms with Crippen LogP contribution in [0.5, 0.6) is 40.2 Å². The minimum atomic E-state index is -1.14. The van der Waals surface area contributed by atoms with E-state index in [0.29, 0.717) is 101 Å². The van der Waals surface area contributed by atoms with Gasteiger partial charge >= 0.3 is 23.9 Å². The third-order valence-electron chi connectivity index (χ3n) is 19.5. The topological polar surface area (TPSA) is 287 Å². The molecule has 2 aliphatic carbocycles. The fourth-order valence-corrected chi connectivity index (χ4v) is 14.8. The van der Waals surface area contributed by atoms with Gasteiger partial charge in [-0.25, -0.2) is 19.2 Å². The largest absolute Gasteiger partial charge is 1.00 e. The SMILES string of the molecule is CN(C)c1ccc2c(c1)Oc1c(ccc3cccc(O)c13)C21OC(=O)c2ccccc21.COC(=O)c1ccccc1-c1c2ccc(=O)cc-2oc2cc([NH3+])ccc12.Cc1ccc2c(c1)Oc1cc(O)ccc1C21OC(=O)c2ccccc21.O=C(O)c1ccccc1-c1c2ccc(=O)cc-2oc2cc(O)ccc12.[Cl-]. The number of fused-ring (bicyclic) bond motifs is 18. The molecule has 19 nitrogen and oxygen atoms in total. The van der Waals surface area contributed by atoms with Crippen molar-refractivity contribution in [2.45, 2.75) is 18.1 Å². The van der Waals surface area contributed by atoms with Crippen molar-refractivity contribution in [3.63, 3.8) is 0 Å². The number of quaternary nitrogens is 1. The van der Waals surface area contributed by atoms with Gasteiger partial charge in [-0.05, 0) is 144 Å². The Morgan fingerprint density at radius 2 is 0.954 bits per heavy atom. The summed E-state index contributed by atoms with van der Waals surface area (Å²) in [5.41, 5.74) is 15.5. The number of carbonyl (C=O) groups excluding carboxylic acids is 3. The minimum absolute atomic E-state index is 0. The number of methoxy groups -OCH3 is 1. The molecule has 2 unspecified atom stereocenters. The molecular formula is C88H61ClN2O17. The number of halogens is 1. The van der Waals surface area contributed by atoms with E-state index >= 15 is 0 Å². The number of aromatic carboxylic acids is 1. The second kappa shape index (κ2) is 27.2. The zero-order valence-corrected chi connectivity index (χ0v) is 58.6. The van der Waals surface area contributed by atoms with Crippen molar-refractivity contribution in [3.8, 4) is 85.1 Å². The second-order valence-electron chi connectivity index (χ2n) is 26.2. The number of nitrogens with zero attached hydrogens (tertiary/aromatic N) is 1. The van der Waals surface area contributed by atoms with Crippen molar-refractivity contribution in [2.24, 2.45) is 0 Å². The third-order valence-corrected chi connectivity index (χ3v) is 19.5. The number of benzene rings is 13. The van der Waals surface area contributed by atoms with Crippen LogP contribution in [0.3, 0.4) is 0 Å². The summed E-state index contributed by atoms with van der Waals surface area (Å²) in [6.45, 7) is 1.98. The van der Waals surface area contributed by atoms with Gasteiger partial charge in [-0.3, -0.25) is 9.59 Å². The number of ether oxygens (including phenoxy) is 5. The van der Waals surface area contributed by atoms with E-state index in [-0.39, 0.29) is 58.0 Å². The van der Waals surface area contributed by atoms with Gasteiger partial charge in [-0.15, -0.1) is 0 Å². The Balaban J connectivity index is 0.000000115. The van der Waals surface area contributed by atoms with Crippen molar-refractivity contribution in [1.82, 2.24) is 0 Å². The van der Waals surface area contributed by atoms with Crippen molar-refractivity contribution >= 4 is 68.0 Å². The van der Waals surface area contributed by atoms with Crippen molar-refractivity contribution < 1.29 is 90.3 Å². The summed E-state index contributed by atoms with van der Waals surface area (Å²) in [5.74, 6) is 1.06. The zero-order valence-electron chi connectivity index (χ0n) is 57.9. The molecule has 7 N–H and O–H groups in total. The monoisotopic (exact) mass is 1450 g/mol. The molecule has 0 bridgehead atoms. The maximum absolute atomic E-state index is 12.9. The lowest BCUT2D eigenvalue weighted by atomic mass is 9.77. The van der Waals surface area contributed by atoms with Crippen LogP contribution in [-0.4, -0.2) is 65.5 Å². The Bertz CT molecular complexity index is 6270. The quantitative estimate of drug-likeness (QED) is 0.0608. The fourth-order valence-electron chi connectivity index (χ4n) is 14.8. The fraction of sp³-hybridized carbons (Fsp3) is 0.0682. The lowest BCUT2D eigenvalue weighted by Crippen LogP contribution is -3.00. The number of esters is 3. The highest BCUT2D eigenvalue weighted by molar-refractivity contribution is 6.10. The molecule has 6 heterocycles. The first-order chi connectivity index (χ1) is 51.7. The molecular weight excluding hydrogens is 1390 g/mol. The number of carboxylic acid groups (broad SMARTS) is 1. The Morgan fingerprint density at radius 3 is 1.56 bits per heavy atom. The van der Waals surface area contributed by atoms with Crippen LogP contribution >= 0.6 is 0 Å². The molecule has 0 aromatic heterocycles. The second-order valence-corrected chi connectivity index (χ2v) is 26.2. The number of aryl methyl sites for hydroxylation is 1. The number of carboxylic acids is 1. The summed E-state index contributed by atoms with van der Waals surface area (Å²) in [6.07, 6.45) is 0. The zero-order chi connectivity index (χ0) is 74.3. The first kappa shape index (κ1) is 69.7. The summed E-state index contributed by atoms with van der Waals surface area (Å²) in [5, 5.41) is 42.8. The normalized spacial score (nSPS) is 15.0. The average molecular weight is 1450 g/mol. The molecule has 0 radical (unpaired) electrons.